The van der Waals surface area contributed by atoms with Crippen LogP contribution in [0.1, 0.15) is 83.3 Å². The van der Waals surface area contributed by atoms with Gasteiger partial charge in [-0.15, -0.1) is 0 Å². The Hall–Kier alpha value is -3.89. The van der Waals surface area contributed by atoms with Crippen molar-refractivity contribution in [2.75, 3.05) is 27.2 Å². The van der Waals surface area contributed by atoms with Gasteiger partial charge < -0.3 is 39.6 Å². The highest BCUT2D eigenvalue weighted by atomic mass is 16.8. The molecule has 0 radical (unpaired) electrons. The molecule has 3 amide bonds. The summed E-state index contributed by atoms with van der Waals surface area (Å²) in [6, 6.07) is 5.73. The van der Waals surface area contributed by atoms with Crippen LogP contribution in [0, 0.1) is 17.3 Å². The van der Waals surface area contributed by atoms with Gasteiger partial charge in [-0.05, 0) is 70.1 Å². The fraction of sp³-hybridized carbons (Fsp3) is 0.675. The number of amides is 3. The van der Waals surface area contributed by atoms with E-state index >= 15 is 0 Å². The number of nitrogens with zero attached hydrogens (tertiary/aromatic N) is 2. The van der Waals surface area contributed by atoms with E-state index in [1.807, 2.05) is 24.3 Å². The molecule has 0 spiro atoms. The molecule has 55 heavy (non-hydrogen) atoms. The molecule has 3 aliphatic carbocycles. The van der Waals surface area contributed by atoms with Gasteiger partial charge in [-0.3, -0.25) is 28.8 Å². The van der Waals surface area contributed by atoms with E-state index in [-0.39, 0.29) is 63.1 Å². The highest BCUT2D eigenvalue weighted by Crippen LogP contribution is 2.63. The van der Waals surface area contributed by atoms with Crippen LogP contribution in [0.5, 0.6) is 0 Å². The molecule has 300 valence electrons. The molecule has 2 bridgehead atoms. The molecule has 3 saturated heterocycles. The van der Waals surface area contributed by atoms with Gasteiger partial charge in [0.25, 0.3) is 0 Å². The van der Waals surface area contributed by atoms with E-state index in [1.165, 1.54) is 16.0 Å². The van der Waals surface area contributed by atoms with Crippen LogP contribution >= 0.6 is 0 Å². The van der Waals surface area contributed by atoms with Crippen LogP contribution in [0.2, 0.25) is 0 Å². The number of carbonyl (C=O) groups excluding carboxylic acids is 5. The van der Waals surface area contributed by atoms with Crippen molar-refractivity contribution >= 4 is 35.7 Å². The number of aliphatic hydroxyl groups excluding tert-OH is 1. The Morgan fingerprint density at radius 3 is 2.33 bits per heavy atom. The molecule has 6 aliphatic rings. The average Bonchev–Trinajstić information content (AvgIpc) is 4.08. The Kier molecular flexibility index (Phi) is 10.9. The molecule has 1 aromatic carbocycles. The fourth-order valence-electron chi connectivity index (χ4n) is 8.54. The number of esters is 2. The molecule has 15 nitrogen and oxygen atoms in total. The van der Waals surface area contributed by atoms with Crippen molar-refractivity contribution in [2.24, 2.45) is 17.3 Å². The summed E-state index contributed by atoms with van der Waals surface area (Å²) < 4.78 is 25.1. The molecule has 3 heterocycles. The predicted octanol–water partition coefficient (Wildman–Crippen LogP) is 1.99. The third-order valence-electron chi connectivity index (χ3n) is 11.4. The molecule has 7 atom stereocenters. The smallest absolute Gasteiger partial charge is 0.327 e. The molecule has 1 aromatic rings. The van der Waals surface area contributed by atoms with Crippen molar-refractivity contribution in [3.63, 3.8) is 0 Å². The lowest BCUT2D eigenvalue weighted by molar-refractivity contribution is -0.235. The van der Waals surface area contributed by atoms with Crippen molar-refractivity contribution in [3.8, 4) is 0 Å². The van der Waals surface area contributed by atoms with Gasteiger partial charge in [0.1, 0.15) is 35.4 Å². The number of carbonyl (C=O) groups is 5. The van der Waals surface area contributed by atoms with Crippen LogP contribution in [0.25, 0.3) is 6.08 Å². The minimum Gasteiger partial charge on any atom is -0.460 e. The van der Waals surface area contributed by atoms with Gasteiger partial charge in [-0.1, -0.05) is 24.3 Å². The van der Waals surface area contributed by atoms with Crippen LogP contribution < -0.4 is 10.6 Å². The van der Waals surface area contributed by atoms with Gasteiger partial charge in [0.05, 0.1) is 19.2 Å². The summed E-state index contributed by atoms with van der Waals surface area (Å²) in [7, 11) is 3.36. The number of likely N-dealkylation sites (N-methyl/N-ethyl adjacent to an activating group) is 1. The van der Waals surface area contributed by atoms with E-state index < -0.39 is 77.1 Å². The summed E-state index contributed by atoms with van der Waals surface area (Å²) >= 11 is 0. The van der Waals surface area contributed by atoms with Crippen molar-refractivity contribution in [2.45, 2.75) is 127 Å². The highest BCUT2D eigenvalue weighted by molar-refractivity contribution is 5.94. The highest BCUT2D eigenvalue weighted by Gasteiger charge is 2.78. The summed E-state index contributed by atoms with van der Waals surface area (Å²) in [5.41, 5.74) is -0.401. The van der Waals surface area contributed by atoms with Crippen LogP contribution in [0.3, 0.4) is 0 Å². The van der Waals surface area contributed by atoms with Crippen LogP contribution in [0.15, 0.2) is 30.3 Å². The third kappa shape index (κ3) is 8.04. The zero-order valence-corrected chi connectivity index (χ0v) is 32.3. The Bertz CT molecular complexity index is 1670. The number of hydrogen-bond acceptors (Lipinski definition) is 12. The Morgan fingerprint density at radius 1 is 1.04 bits per heavy atom. The maximum absolute atomic E-state index is 14.6. The summed E-state index contributed by atoms with van der Waals surface area (Å²) in [5, 5.41) is 17.0. The van der Waals surface area contributed by atoms with Gasteiger partial charge in [0, 0.05) is 57.8 Å². The van der Waals surface area contributed by atoms with E-state index in [0.29, 0.717) is 0 Å². The van der Waals surface area contributed by atoms with Gasteiger partial charge in [-0.2, -0.15) is 5.06 Å². The average molecular weight is 767 g/mol. The molecule has 7 unspecified atom stereocenters. The minimum absolute atomic E-state index is 0.0221. The van der Waals surface area contributed by atoms with E-state index in [9.17, 15) is 29.1 Å². The summed E-state index contributed by atoms with van der Waals surface area (Å²) in [5.74, 6) is -2.30. The van der Waals surface area contributed by atoms with Crippen LogP contribution in [0.4, 0.5) is 0 Å². The SMILES string of the molecule is CN(C)C(=O)C=Cc1ccc(CN2OC3C4OC(C5CC5)(C5CC5)OC4C4CC3(C(=O)NCCC(=O)NC(CO)CCC(=O)OC(C)(C)C)C2C(=O)O4)cc1. The van der Waals surface area contributed by atoms with Gasteiger partial charge in [0.15, 0.2) is 11.8 Å². The second-order valence-corrected chi connectivity index (χ2v) is 17.0. The second kappa shape index (κ2) is 15.2. The quantitative estimate of drug-likeness (QED) is 0.175. The number of benzene rings is 1. The summed E-state index contributed by atoms with van der Waals surface area (Å²) in [6.07, 6.45) is 4.62. The molecule has 3 aliphatic heterocycles. The first-order chi connectivity index (χ1) is 26.1. The summed E-state index contributed by atoms with van der Waals surface area (Å²) in [6.45, 7) is 5.05. The number of hydroxylamine groups is 2. The maximum Gasteiger partial charge on any atom is 0.327 e. The molecule has 0 aromatic heterocycles. The first-order valence-electron chi connectivity index (χ1n) is 19.5. The van der Waals surface area contributed by atoms with Crippen molar-refractivity contribution < 1.29 is 52.9 Å². The van der Waals surface area contributed by atoms with Gasteiger partial charge in [-0.25, -0.2) is 0 Å². The van der Waals surface area contributed by atoms with E-state index in [1.54, 1.807) is 40.9 Å². The number of aliphatic hydroxyl groups is 1. The Labute approximate surface area is 321 Å². The first kappa shape index (κ1) is 39.3. The number of ether oxygens (including phenoxy) is 4. The Morgan fingerprint density at radius 2 is 1.71 bits per heavy atom. The lowest BCUT2D eigenvalue weighted by Crippen LogP contribution is -2.69. The molecular weight excluding hydrogens is 712 g/mol. The zero-order valence-electron chi connectivity index (χ0n) is 32.3. The molecule has 15 heteroatoms. The zero-order chi connectivity index (χ0) is 39.3. The second-order valence-electron chi connectivity index (χ2n) is 17.0. The van der Waals surface area contributed by atoms with Crippen molar-refractivity contribution in [3.05, 3.63) is 41.5 Å². The van der Waals surface area contributed by atoms with Gasteiger partial charge in [0.2, 0.25) is 17.7 Å². The number of rotatable bonds is 15. The van der Waals surface area contributed by atoms with E-state index in [2.05, 4.69) is 10.6 Å². The fourth-order valence-corrected chi connectivity index (χ4v) is 8.54. The van der Waals surface area contributed by atoms with Crippen LogP contribution in [-0.4, -0.2) is 120 Å². The largest absolute Gasteiger partial charge is 0.460 e. The summed E-state index contributed by atoms with van der Waals surface area (Å²) in [4.78, 5) is 73.9. The monoisotopic (exact) mass is 766 g/mol. The van der Waals surface area contributed by atoms with Gasteiger partial charge >= 0.3 is 11.9 Å². The van der Waals surface area contributed by atoms with E-state index in [4.69, 9.17) is 23.8 Å². The number of hydrogen-bond donors (Lipinski definition) is 3. The Balaban J connectivity index is 1.07. The lowest BCUT2D eigenvalue weighted by Gasteiger charge is -2.48. The van der Waals surface area contributed by atoms with E-state index in [0.717, 1.165) is 36.8 Å². The first-order valence-corrected chi connectivity index (χ1v) is 19.5. The molecular formula is C40H54N4O11. The number of nitrogens with one attached hydrogen (secondary N) is 2. The van der Waals surface area contributed by atoms with Crippen molar-refractivity contribution in [1.82, 2.24) is 20.6 Å². The van der Waals surface area contributed by atoms with Crippen LogP contribution in [-0.2, 0) is 54.3 Å². The number of fused-ring (bicyclic) bond motifs is 4. The maximum atomic E-state index is 14.6. The topological polar surface area (TPSA) is 182 Å². The third-order valence-corrected chi connectivity index (χ3v) is 11.4. The minimum atomic E-state index is -1.39. The molecule has 7 rings (SSSR count). The normalized spacial score (nSPS) is 30.0. The molecule has 3 N–H and O–H groups in total. The molecule has 3 saturated carbocycles. The van der Waals surface area contributed by atoms with Crippen molar-refractivity contribution in [1.29, 1.82) is 0 Å². The standard InChI is InChI=1S/C40H54N4O11/c1-38(2,3)52-31(48)17-15-27(22-45)42-29(46)18-19-41-37(50)39-20-28-32-33(54-40(53-32,25-11-12-25)26-13-14-26)35(39)55-44(34(39)36(49)51-28)21-24-8-6-23(7-9-24)10-16-30(47)43(4)5/h6-10,16,25-28,32-35,45H,11-15,17-22H2,1-5H3,(H,41,50)(H,42,46). The molecule has 6 fully saturated rings. The lowest BCUT2D eigenvalue weighted by atomic mass is 9.62. The predicted molar refractivity (Wildman–Crippen MR) is 195 cm³/mol.